The van der Waals surface area contributed by atoms with Crippen LogP contribution in [0, 0.1) is 0 Å². The Morgan fingerprint density at radius 3 is 2.33 bits per heavy atom. The average molecular weight is 326 g/mol. The van der Waals surface area contributed by atoms with Gasteiger partial charge in [-0.2, -0.15) is 13.2 Å². The Morgan fingerprint density at radius 2 is 1.86 bits per heavy atom. The summed E-state index contributed by atoms with van der Waals surface area (Å²) in [7, 11) is -4.07. The first kappa shape index (κ1) is 17.6. The van der Waals surface area contributed by atoms with Crippen molar-refractivity contribution in [1.82, 2.24) is 14.7 Å². The Bertz CT molecular complexity index is 546. The van der Waals surface area contributed by atoms with Crippen LogP contribution in [0.25, 0.3) is 0 Å². The van der Waals surface area contributed by atoms with Gasteiger partial charge >= 0.3 is 6.18 Å². The Balaban J connectivity index is 2.74. The summed E-state index contributed by atoms with van der Waals surface area (Å²) in [6.45, 7) is 3.72. The SMILES string of the molecule is CCCNc1ncc(S(=O)(=O)NC(C)CC(F)(F)F)cn1. The molecule has 1 rings (SSSR count). The molecule has 0 bridgehead atoms. The lowest BCUT2D eigenvalue weighted by atomic mass is 10.2. The van der Waals surface area contributed by atoms with Crippen LogP contribution in [-0.2, 0) is 10.0 Å². The van der Waals surface area contributed by atoms with Crippen molar-refractivity contribution in [2.45, 2.75) is 43.8 Å². The van der Waals surface area contributed by atoms with Gasteiger partial charge in [-0.3, -0.25) is 0 Å². The fourth-order valence-electron chi connectivity index (χ4n) is 1.50. The molecular weight excluding hydrogens is 309 g/mol. The van der Waals surface area contributed by atoms with E-state index >= 15 is 0 Å². The fraction of sp³-hybridized carbons (Fsp3) is 0.636. The molecule has 0 radical (unpaired) electrons. The van der Waals surface area contributed by atoms with Gasteiger partial charge in [0.1, 0.15) is 4.90 Å². The molecule has 6 nitrogen and oxygen atoms in total. The first-order chi connectivity index (χ1) is 9.64. The summed E-state index contributed by atoms with van der Waals surface area (Å²) in [5.74, 6) is 0.263. The van der Waals surface area contributed by atoms with E-state index in [4.69, 9.17) is 0 Å². The number of rotatable bonds is 7. The number of halogens is 3. The maximum atomic E-state index is 12.2. The minimum atomic E-state index is -4.44. The highest BCUT2D eigenvalue weighted by Crippen LogP contribution is 2.22. The van der Waals surface area contributed by atoms with Crippen molar-refractivity contribution >= 4 is 16.0 Å². The molecule has 1 atom stereocenters. The van der Waals surface area contributed by atoms with Gasteiger partial charge in [-0.25, -0.2) is 23.1 Å². The lowest BCUT2D eigenvalue weighted by molar-refractivity contribution is -0.137. The van der Waals surface area contributed by atoms with Gasteiger partial charge in [-0.1, -0.05) is 6.92 Å². The van der Waals surface area contributed by atoms with E-state index in [-0.39, 0.29) is 10.8 Å². The molecule has 2 N–H and O–H groups in total. The van der Waals surface area contributed by atoms with Crippen LogP contribution in [0.1, 0.15) is 26.7 Å². The van der Waals surface area contributed by atoms with E-state index in [9.17, 15) is 21.6 Å². The Kier molecular flexibility index (Phi) is 5.90. The molecule has 120 valence electrons. The zero-order chi connectivity index (χ0) is 16.1. The molecule has 0 aliphatic heterocycles. The van der Waals surface area contributed by atoms with E-state index in [1.165, 1.54) is 0 Å². The highest BCUT2D eigenvalue weighted by molar-refractivity contribution is 7.89. The molecule has 1 aromatic heterocycles. The molecule has 1 aromatic rings. The predicted octanol–water partition coefficient (Wildman–Crippen LogP) is 1.92. The standard InChI is InChI=1S/C11H17F3N4O2S/c1-3-4-15-10-16-6-9(7-17-10)21(19,20)18-8(2)5-11(12,13)14/h6-8,18H,3-5H2,1-2H3,(H,15,16,17). The van der Waals surface area contributed by atoms with E-state index in [0.29, 0.717) is 6.54 Å². The summed E-state index contributed by atoms with van der Waals surface area (Å²) in [6.07, 6.45) is -2.74. The van der Waals surface area contributed by atoms with Crippen molar-refractivity contribution in [1.29, 1.82) is 0 Å². The van der Waals surface area contributed by atoms with Crippen LogP contribution in [0.2, 0.25) is 0 Å². The van der Waals surface area contributed by atoms with Gasteiger partial charge in [0.25, 0.3) is 0 Å². The van der Waals surface area contributed by atoms with Crippen molar-refractivity contribution in [3.8, 4) is 0 Å². The van der Waals surface area contributed by atoms with E-state index in [0.717, 1.165) is 25.7 Å². The lowest BCUT2D eigenvalue weighted by Crippen LogP contribution is -2.36. The smallest absolute Gasteiger partial charge is 0.354 e. The number of anilines is 1. The summed E-state index contributed by atoms with van der Waals surface area (Å²) in [5.41, 5.74) is 0. The molecule has 21 heavy (non-hydrogen) atoms. The second kappa shape index (κ2) is 7.03. The predicted molar refractivity (Wildman–Crippen MR) is 71.3 cm³/mol. The van der Waals surface area contributed by atoms with E-state index < -0.39 is 28.7 Å². The summed E-state index contributed by atoms with van der Waals surface area (Å²) in [4.78, 5) is 7.32. The van der Waals surface area contributed by atoms with E-state index in [1.807, 2.05) is 11.6 Å². The molecule has 0 spiro atoms. The van der Waals surface area contributed by atoms with Crippen molar-refractivity contribution in [2.75, 3.05) is 11.9 Å². The second-order valence-corrected chi connectivity index (χ2v) is 6.22. The van der Waals surface area contributed by atoms with Gasteiger partial charge in [0.05, 0.1) is 18.8 Å². The third-order valence-corrected chi connectivity index (χ3v) is 3.91. The molecule has 1 unspecified atom stereocenters. The third kappa shape index (κ3) is 6.25. The summed E-state index contributed by atoms with van der Waals surface area (Å²) < 4.78 is 62.3. The van der Waals surface area contributed by atoms with E-state index in [2.05, 4.69) is 15.3 Å². The van der Waals surface area contributed by atoms with Crippen molar-refractivity contribution in [3.05, 3.63) is 12.4 Å². The number of aromatic nitrogens is 2. The third-order valence-electron chi connectivity index (χ3n) is 2.37. The van der Waals surface area contributed by atoms with Gasteiger partial charge in [0.15, 0.2) is 0 Å². The number of nitrogens with zero attached hydrogens (tertiary/aromatic N) is 2. The van der Waals surface area contributed by atoms with Crippen LogP contribution in [0.3, 0.4) is 0 Å². The topological polar surface area (TPSA) is 84.0 Å². The van der Waals surface area contributed by atoms with Crippen LogP contribution in [0.15, 0.2) is 17.3 Å². The quantitative estimate of drug-likeness (QED) is 0.800. The molecule has 0 aromatic carbocycles. The molecule has 0 fully saturated rings. The maximum Gasteiger partial charge on any atom is 0.390 e. The van der Waals surface area contributed by atoms with Gasteiger partial charge in [0.2, 0.25) is 16.0 Å². The normalized spacial score (nSPS) is 14.0. The highest BCUT2D eigenvalue weighted by atomic mass is 32.2. The number of hydrogen-bond acceptors (Lipinski definition) is 5. The highest BCUT2D eigenvalue weighted by Gasteiger charge is 2.32. The maximum absolute atomic E-state index is 12.2. The number of sulfonamides is 1. The zero-order valence-corrected chi connectivity index (χ0v) is 12.4. The van der Waals surface area contributed by atoms with Crippen LogP contribution in [0.4, 0.5) is 19.1 Å². The van der Waals surface area contributed by atoms with Crippen molar-refractivity contribution < 1.29 is 21.6 Å². The molecule has 0 saturated heterocycles. The number of hydrogen-bond donors (Lipinski definition) is 2. The number of nitrogens with one attached hydrogen (secondary N) is 2. The molecule has 0 amide bonds. The number of alkyl halides is 3. The Morgan fingerprint density at radius 1 is 1.29 bits per heavy atom. The molecule has 0 saturated carbocycles. The molecule has 10 heteroatoms. The summed E-state index contributed by atoms with van der Waals surface area (Å²) >= 11 is 0. The van der Waals surface area contributed by atoms with Crippen molar-refractivity contribution in [3.63, 3.8) is 0 Å². The van der Waals surface area contributed by atoms with Crippen molar-refractivity contribution in [2.24, 2.45) is 0 Å². The van der Waals surface area contributed by atoms with Crippen LogP contribution in [-0.4, -0.2) is 37.1 Å². The minimum Gasteiger partial charge on any atom is -0.354 e. The second-order valence-electron chi connectivity index (χ2n) is 4.51. The van der Waals surface area contributed by atoms with Gasteiger partial charge < -0.3 is 5.32 Å². The summed E-state index contributed by atoms with van der Waals surface area (Å²) in [5, 5.41) is 2.86. The summed E-state index contributed by atoms with van der Waals surface area (Å²) in [6, 6.07) is -1.27. The molecule has 0 aliphatic carbocycles. The Hall–Kier alpha value is -1.42. The Labute approximate surface area is 121 Å². The largest absolute Gasteiger partial charge is 0.390 e. The van der Waals surface area contributed by atoms with Gasteiger partial charge in [0, 0.05) is 12.6 Å². The molecule has 1 heterocycles. The minimum absolute atomic E-state index is 0.263. The first-order valence-electron chi connectivity index (χ1n) is 6.29. The monoisotopic (exact) mass is 326 g/mol. The van der Waals surface area contributed by atoms with Gasteiger partial charge in [-0.05, 0) is 13.3 Å². The van der Waals surface area contributed by atoms with E-state index in [1.54, 1.807) is 0 Å². The molecule has 0 aliphatic rings. The molecular formula is C11H17F3N4O2S. The van der Waals surface area contributed by atoms with Crippen LogP contribution in [0.5, 0.6) is 0 Å². The van der Waals surface area contributed by atoms with Crippen LogP contribution >= 0.6 is 0 Å². The van der Waals surface area contributed by atoms with Crippen LogP contribution < -0.4 is 10.0 Å². The average Bonchev–Trinajstić information content (AvgIpc) is 2.33. The fourth-order valence-corrected chi connectivity index (χ4v) is 2.64. The first-order valence-corrected chi connectivity index (χ1v) is 7.77. The lowest BCUT2D eigenvalue weighted by Gasteiger charge is -2.15. The van der Waals surface area contributed by atoms with Gasteiger partial charge in [-0.15, -0.1) is 0 Å². The zero-order valence-electron chi connectivity index (χ0n) is 11.6.